The Hall–Kier alpha value is -1.22. The number of piperazine rings is 1. The fraction of sp³-hybridized carbons (Fsp3) is 0.722. The van der Waals surface area contributed by atoms with Crippen molar-refractivity contribution in [3.63, 3.8) is 0 Å². The zero-order valence-corrected chi connectivity index (χ0v) is 16.5. The molecule has 2 heterocycles. The zero-order chi connectivity index (χ0) is 18.8. The highest BCUT2D eigenvalue weighted by molar-refractivity contribution is 7.89. The average Bonchev–Trinajstić information content (AvgIpc) is 2.63. The van der Waals surface area contributed by atoms with Gasteiger partial charge in [-0.1, -0.05) is 19.8 Å². The van der Waals surface area contributed by atoms with Crippen LogP contribution in [-0.4, -0.2) is 73.6 Å². The van der Waals surface area contributed by atoms with Crippen LogP contribution < -0.4 is 5.32 Å². The molecule has 3 rings (SSSR count). The van der Waals surface area contributed by atoms with Gasteiger partial charge in [-0.2, -0.15) is 4.31 Å². The topological polar surface area (TPSA) is 85.8 Å². The molecule has 0 spiro atoms. The fourth-order valence-electron chi connectivity index (χ4n) is 3.70. The Morgan fingerprint density at radius 2 is 2.00 bits per heavy atom. The fourth-order valence-corrected chi connectivity index (χ4v) is 5.06. The molecule has 2 aliphatic rings. The highest BCUT2D eigenvalue weighted by Crippen LogP contribution is 2.36. The molecule has 0 amide bonds. The Morgan fingerprint density at radius 1 is 1.27 bits per heavy atom. The summed E-state index contributed by atoms with van der Waals surface area (Å²) < 4.78 is 27.0. The maximum Gasteiger partial charge on any atom is 0.244 e. The Morgan fingerprint density at radius 3 is 2.62 bits per heavy atom. The van der Waals surface area contributed by atoms with Crippen molar-refractivity contribution in [2.75, 3.05) is 45.1 Å². The molecule has 2 unspecified atom stereocenters. The second-order valence-corrected chi connectivity index (χ2v) is 9.79. The number of pyridine rings is 1. The van der Waals surface area contributed by atoms with Crippen molar-refractivity contribution in [1.29, 1.82) is 0 Å². The summed E-state index contributed by atoms with van der Waals surface area (Å²) >= 11 is 0. The molecule has 1 aromatic heterocycles. The molecule has 1 aliphatic carbocycles. The molecule has 2 atom stereocenters. The third-order valence-corrected chi connectivity index (χ3v) is 7.67. The summed E-state index contributed by atoms with van der Waals surface area (Å²) in [6.45, 7) is 5.23. The summed E-state index contributed by atoms with van der Waals surface area (Å²) in [5.41, 5.74) is -0.162. The van der Waals surface area contributed by atoms with Crippen molar-refractivity contribution in [1.82, 2.24) is 14.2 Å². The number of hydrogen-bond acceptors (Lipinski definition) is 6. The first-order chi connectivity index (χ1) is 12.3. The average molecular weight is 383 g/mol. The summed E-state index contributed by atoms with van der Waals surface area (Å²) in [5.74, 6) is 0.640. The lowest BCUT2D eigenvalue weighted by atomic mass is 9.73. The minimum absolute atomic E-state index is 0.162. The van der Waals surface area contributed by atoms with E-state index in [2.05, 4.69) is 22.1 Å². The normalized spacial score (nSPS) is 28.8. The van der Waals surface area contributed by atoms with E-state index in [1.54, 1.807) is 12.1 Å². The van der Waals surface area contributed by atoms with Crippen molar-refractivity contribution >= 4 is 15.8 Å². The molecular formula is C18H30N4O3S. The van der Waals surface area contributed by atoms with Gasteiger partial charge in [-0.3, -0.25) is 0 Å². The van der Waals surface area contributed by atoms with Gasteiger partial charge in [-0.05, 0) is 32.0 Å². The lowest BCUT2D eigenvalue weighted by Gasteiger charge is -2.38. The molecule has 2 fully saturated rings. The molecule has 1 saturated carbocycles. The SMILES string of the molecule is CN1CCN(S(=O)(=O)c2ccc(NCC3(C)CCCCC3O)nc2)CC1. The van der Waals surface area contributed by atoms with E-state index in [1.165, 1.54) is 10.5 Å². The van der Waals surface area contributed by atoms with Crippen LogP contribution in [0.5, 0.6) is 0 Å². The van der Waals surface area contributed by atoms with Gasteiger partial charge in [0.15, 0.2) is 0 Å². The maximum absolute atomic E-state index is 12.7. The quantitative estimate of drug-likeness (QED) is 0.800. The standard InChI is InChI=1S/C18H30N4O3S/c1-18(8-4-3-5-16(18)23)14-20-17-7-6-15(13-19-17)26(24,25)22-11-9-21(2)10-12-22/h6-7,13,16,23H,3-5,8-12,14H2,1-2H3,(H,19,20). The third kappa shape index (κ3) is 4.19. The van der Waals surface area contributed by atoms with E-state index in [0.29, 0.717) is 25.5 Å². The van der Waals surface area contributed by atoms with Gasteiger partial charge in [0.25, 0.3) is 0 Å². The molecule has 1 saturated heterocycles. The number of rotatable bonds is 5. The predicted molar refractivity (Wildman–Crippen MR) is 102 cm³/mol. The number of anilines is 1. The van der Waals surface area contributed by atoms with Crippen LogP contribution >= 0.6 is 0 Å². The van der Waals surface area contributed by atoms with Crippen molar-refractivity contribution in [3.8, 4) is 0 Å². The molecule has 0 bridgehead atoms. The van der Waals surface area contributed by atoms with Crippen LogP contribution in [0, 0.1) is 5.41 Å². The molecule has 26 heavy (non-hydrogen) atoms. The molecule has 7 nitrogen and oxygen atoms in total. The van der Waals surface area contributed by atoms with Gasteiger partial charge in [-0.25, -0.2) is 13.4 Å². The molecule has 0 radical (unpaired) electrons. The highest BCUT2D eigenvalue weighted by atomic mass is 32.2. The van der Waals surface area contributed by atoms with Gasteiger partial charge in [0.2, 0.25) is 10.0 Å². The Kier molecular flexibility index (Phi) is 5.86. The number of likely N-dealkylation sites (N-methyl/N-ethyl adjacent to an activating group) is 1. The Balaban J connectivity index is 1.63. The molecule has 1 aliphatic heterocycles. The second-order valence-electron chi connectivity index (χ2n) is 7.86. The van der Waals surface area contributed by atoms with E-state index in [1.807, 2.05) is 7.05 Å². The summed E-state index contributed by atoms with van der Waals surface area (Å²) in [6, 6.07) is 3.32. The summed E-state index contributed by atoms with van der Waals surface area (Å²) in [6.07, 6.45) is 5.15. The van der Waals surface area contributed by atoms with Crippen molar-refractivity contribution in [2.24, 2.45) is 5.41 Å². The van der Waals surface area contributed by atoms with Crippen LogP contribution in [0.1, 0.15) is 32.6 Å². The summed E-state index contributed by atoms with van der Waals surface area (Å²) in [7, 11) is -1.49. The van der Waals surface area contributed by atoms with Crippen molar-refractivity contribution < 1.29 is 13.5 Å². The number of aromatic nitrogens is 1. The number of hydrogen-bond donors (Lipinski definition) is 2. The third-order valence-electron chi connectivity index (χ3n) is 5.79. The molecule has 0 aromatic carbocycles. The van der Waals surface area contributed by atoms with Crippen LogP contribution in [0.2, 0.25) is 0 Å². The monoisotopic (exact) mass is 382 g/mol. The van der Waals surface area contributed by atoms with E-state index >= 15 is 0 Å². The van der Waals surface area contributed by atoms with Gasteiger partial charge >= 0.3 is 0 Å². The maximum atomic E-state index is 12.7. The largest absolute Gasteiger partial charge is 0.392 e. The number of sulfonamides is 1. The predicted octanol–water partition coefficient (Wildman–Crippen LogP) is 1.37. The highest BCUT2D eigenvalue weighted by Gasteiger charge is 2.35. The smallest absolute Gasteiger partial charge is 0.244 e. The molecule has 1 aromatic rings. The minimum Gasteiger partial charge on any atom is -0.392 e. The van der Waals surface area contributed by atoms with Crippen LogP contribution in [0.3, 0.4) is 0 Å². The number of nitrogens with zero attached hydrogens (tertiary/aromatic N) is 3. The minimum atomic E-state index is -3.48. The van der Waals surface area contributed by atoms with Crippen molar-refractivity contribution in [3.05, 3.63) is 18.3 Å². The van der Waals surface area contributed by atoms with Gasteiger partial charge in [0, 0.05) is 44.3 Å². The first-order valence-corrected chi connectivity index (χ1v) is 10.8. The van der Waals surface area contributed by atoms with E-state index in [0.717, 1.165) is 38.8 Å². The Bertz CT molecular complexity index is 702. The zero-order valence-electron chi connectivity index (χ0n) is 15.7. The lowest BCUT2D eigenvalue weighted by molar-refractivity contribution is 0.00958. The molecular weight excluding hydrogens is 352 g/mol. The van der Waals surface area contributed by atoms with Crippen LogP contribution in [0.4, 0.5) is 5.82 Å². The van der Waals surface area contributed by atoms with E-state index in [-0.39, 0.29) is 16.4 Å². The molecule has 146 valence electrons. The van der Waals surface area contributed by atoms with Gasteiger partial charge < -0.3 is 15.3 Å². The van der Waals surface area contributed by atoms with Gasteiger partial charge in [0.1, 0.15) is 10.7 Å². The molecule has 2 N–H and O–H groups in total. The Labute approximate surface area is 156 Å². The number of aliphatic hydroxyl groups excluding tert-OH is 1. The van der Waals surface area contributed by atoms with Crippen LogP contribution in [0.15, 0.2) is 23.2 Å². The number of aliphatic hydroxyl groups is 1. The number of nitrogens with one attached hydrogen (secondary N) is 1. The van der Waals surface area contributed by atoms with Gasteiger partial charge in [-0.15, -0.1) is 0 Å². The van der Waals surface area contributed by atoms with E-state index in [9.17, 15) is 13.5 Å². The van der Waals surface area contributed by atoms with Crippen LogP contribution in [-0.2, 0) is 10.0 Å². The molecule has 8 heteroatoms. The first kappa shape index (κ1) is 19.5. The van der Waals surface area contributed by atoms with E-state index in [4.69, 9.17) is 0 Å². The van der Waals surface area contributed by atoms with Gasteiger partial charge in [0.05, 0.1) is 6.10 Å². The van der Waals surface area contributed by atoms with Crippen molar-refractivity contribution in [2.45, 2.75) is 43.6 Å². The lowest BCUT2D eigenvalue weighted by Crippen LogP contribution is -2.47. The van der Waals surface area contributed by atoms with E-state index < -0.39 is 10.0 Å². The summed E-state index contributed by atoms with van der Waals surface area (Å²) in [5, 5.41) is 13.5. The first-order valence-electron chi connectivity index (χ1n) is 9.38. The summed E-state index contributed by atoms with van der Waals surface area (Å²) in [4.78, 5) is 6.64. The van der Waals surface area contributed by atoms with Crippen LogP contribution in [0.25, 0.3) is 0 Å². The second kappa shape index (κ2) is 7.80.